The van der Waals surface area contributed by atoms with Crippen LogP contribution >= 0.6 is 0 Å². The summed E-state index contributed by atoms with van der Waals surface area (Å²) in [6.07, 6.45) is 4.13. The van der Waals surface area contributed by atoms with Crippen molar-refractivity contribution in [1.29, 1.82) is 0 Å². The molecule has 126 valence electrons. The van der Waals surface area contributed by atoms with Crippen molar-refractivity contribution in [1.82, 2.24) is 9.78 Å². The van der Waals surface area contributed by atoms with E-state index in [4.69, 9.17) is 4.74 Å². The molecule has 5 heteroatoms. The Balaban J connectivity index is 1.59. The highest BCUT2D eigenvalue weighted by molar-refractivity contribution is 5.94. The zero-order valence-corrected chi connectivity index (χ0v) is 14.2. The van der Waals surface area contributed by atoms with Gasteiger partial charge in [0.2, 0.25) is 5.91 Å². The lowest BCUT2D eigenvalue weighted by Crippen LogP contribution is -2.45. The Kier molecular flexibility index (Phi) is 3.79. The highest BCUT2D eigenvalue weighted by Crippen LogP contribution is 2.38. The van der Waals surface area contributed by atoms with Crippen LogP contribution in [0.25, 0.3) is 0 Å². The first kappa shape index (κ1) is 15.2. The molecule has 3 atom stereocenters. The molecule has 0 N–H and O–H groups in total. The van der Waals surface area contributed by atoms with Gasteiger partial charge in [-0.25, -0.2) is 4.68 Å². The molecule has 0 saturated heterocycles. The van der Waals surface area contributed by atoms with Gasteiger partial charge in [-0.05, 0) is 44.2 Å². The van der Waals surface area contributed by atoms with Crippen LogP contribution in [0, 0.1) is 0 Å². The number of carbonyl (C=O) groups excluding carboxylic acids is 1. The quantitative estimate of drug-likeness (QED) is 0.848. The molecule has 5 nitrogen and oxygen atoms in total. The molecule has 2 aliphatic rings. The number of aromatic nitrogens is 2. The van der Waals surface area contributed by atoms with Gasteiger partial charge in [-0.3, -0.25) is 9.69 Å². The summed E-state index contributed by atoms with van der Waals surface area (Å²) in [6, 6.07) is 10.6. The zero-order valence-electron chi connectivity index (χ0n) is 14.2. The summed E-state index contributed by atoms with van der Waals surface area (Å²) in [5, 5.41) is 4.39. The third-order valence-corrected chi connectivity index (χ3v) is 5.21. The Morgan fingerprint density at radius 2 is 2.08 bits per heavy atom. The van der Waals surface area contributed by atoms with Gasteiger partial charge in [-0.2, -0.15) is 5.10 Å². The molecule has 2 aliphatic heterocycles. The topological polar surface area (TPSA) is 47.4 Å². The predicted molar refractivity (Wildman–Crippen MR) is 92.4 cm³/mol. The van der Waals surface area contributed by atoms with Crippen molar-refractivity contribution in [3.05, 3.63) is 42.1 Å². The van der Waals surface area contributed by atoms with E-state index in [0.717, 1.165) is 30.0 Å². The minimum atomic E-state index is 0.179. The maximum atomic E-state index is 13.1. The number of rotatable bonds is 2. The summed E-state index contributed by atoms with van der Waals surface area (Å²) in [6.45, 7) is 4.96. The Morgan fingerprint density at radius 1 is 1.25 bits per heavy atom. The lowest BCUT2D eigenvalue weighted by atomic mass is 9.89. The third-order valence-electron chi connectivity index (χ3n) is 5.21. The minimum absolute atomic E-state index is 0.179. The Labute approximate surface area is 142 Å². The van der Waals surface area contributed by atoms with Gasteiger partial charge in [-0.1, -0.05) is 18.2 Å². The molecule has 24 heavy (non-hydrogen) atoms. The maximum Gasteiger partial charge on any atom is 0.229 e. The SMILES string of the molecule is C[C@@H]1C[C@H](C)n2nccc2N1C(=O)C[C@@H]1CCOc2ccccc21. The van der Waals surface area contributed by atoms with Crippen molar-refractivity contribution in [3.63, 3.8) is 0 Å². The second kappa shape index (κ2) is 5.96. The van der Waals surface area contributed by atoms with Crippen molar-refractivity contribution in [2.45, 2.75) is 51.1 Å². The average Bonchev–Trinajstić information content (AvgIpc) is 3.05. The number of fused-ring (bicyclic) bond motifs is 2. The summed E-state index contributed by atoms with van der Waals surface area (Å²) in [5.74, 6) is 2.25. The number of ether oxygens (including phenoxy) is 1. The molecule has 4 rings (SSSR count). The van der Waals surface area contributed by atoms with E-state index in [1.165, 1.54) is 0 Å². The van der Waals surface area contributed by atoms with E-state index in [2.05, 4.69) is 25.0 Å². The lowest BCUT2D eigenvalue weighted by molar-refractivity contribution is -0.119. The smallest absolute Gasteiger partial charge is 0.229 e. The minimum Gasteiger partial charge on any atom is -0.493 e. The molecular formula is C19H23N3O2. The van der Waals surface area contributed by atoms with Crippen molar-refractivity contribution in [2.24, 2.45) is 0 Å². The van der Waals surface area contributed by atoms with Crippen LogP contribution in [0.3, 0.4) is 0 Å². The number of benzene rings is 1. The Hall–Kier alpha value is -2.30. The van der Waals surface area contributed by atoms with Gasteiger partial charge >= 0.3 is 0 Å². The van der Waals surface area contributed by atoms with Crippen LogP contribution in [0.4, 0.5) is 5.82 Å². The van der Waals surface area contributed by atoms with Crippen LogP contribution in [0.2, 0.25) is 0 Å². The molecular weight excluding hydrogens is 302 g/mol. The zero-order chi connectivity index (χ0) is 16.7. The summed E-state index contributed by atoms with van der Waals surface area (Å²) in [7, 11) is 0. The lowest BCUT2D eigenvalue weighted by Gasteiger charge is -2.38. The van der Waals surface area contributed by atoms with E-state index >= 15 is 0 Å². The van der Waals surface area contributed by atoms with Gasteiger partial charge in [0.25, 0.3) is 0 Å². The second-order valence-corrected chi connectivity index (χ2v) is 6.91. The summed E-state index contributed by atoms with van der Waals surface area (Å²) in [4.78, 5) is 15.0. The Morgan fingerprint density at radius 3 is 2.96 bits per heavy atom. The van der Waals surface area contributed by atoms with Crippen molar-refractivity contribution < 1.29 is 9.53 Å². The fourth-order valence-electron chi connectivity index (χ4n) is 4.07. The van der Waals surface area contributed by atoms with E-state index in [1.807, 2.05) is 33.8 Å². The highest BCUT2D eigenvalue weighted by atomic mass is 16.5. The van der Waals surface area contributed by atoms with Crippen LogP contribution in [0.15, 0.2) is 36.5 Å². The monoisotopic (exact) mass is 325 g/mol. The van der Waals surface area contributed by atoms with Crippen LogP contribution < -0.4 is 9.64 Å². The maximum absolute atomic E-state index is 13.1. The van der Waals surface area contributed by atoms with E-state index in [1.54, 1.807) is 6.20 Å². The fourth-order valence-corrected chi connectivity index (χ4v) is 4.07. The first-order chi connectivity index (χ1) is 11.6. The molecule has 0 saturated carbocycles. The van der Waals surface area contributed by atoms with E-state index in [-0.39, 0.29) is 17.9 Å². The van der Waals surface area contributed by atoms with Crippen LogP contribution in [-0.2, 0) is 4.79 Å². The molecule has 0 aliphatic carbocycles. The Bertz CT molecular complexity index is 755. The molecule has 0 spiro atoms. The number of carbonyl (C=O) groups is 1. The first-order valence-electron chi connectivity index (χ1n) is 8.72. The van der Waals surface area contributed by atoms with Gasteiger partial charge in [-0.15, -0.1) is 0 Å². The number of nitrogens with zero attached hydrogens (tertiary/aromatic N) is 3. The number of para-hydroxylation sites is 1. The second-order valence-electron chi connectivity index (χ2n) is 6.91. The van der Waals surface area contributed by atoms with Gasteiger partial charge in [0.05, 0.1) is 18.8 Å². The molecule has 1 aromatic carbocycles. The summed E-state index contributed by atoms with van der Waals surface area (Å²) < 4.78 is 7.69. The van der Waals surface area contributed by atoms with Gasteiger partial charge in [0.15, 0.2) is 0 Å². The number of hydrogen-bond donors (Lipinski definition) is 0. The molecule has 2 aromatic rings. The number of anilines is 1. The average molecular weight is 325 g/mol. The third kappa shape index (κ3) is 2.48. The van der Waals surface area contributed by atoms with Crippen molar-refractivity contribution in [3.8, 4) is 5.75 Å². The molecule has 0 bridgehead atoms. The summed E-state index contributed by atoms with van der Waals surface area (Å²) >= 11 is 0. The van der Waals surface area contributed by atoms with Crippen molar-refractivity contribution in [2.75, 3.05) is 11.5 Å². The van der Waals surface area contributed by atoms with Crippen molar-refractivity contribution >= 4 is 11.7 Å². The largest absolute Gasteiger partial charge is 0.493 e. The van der Waals surface area contributed by atoms with E-state index in [9.17, 15) is 4.79 Å². The summed E-state index contributed by atoms with van der Waals surface area (Å²) in [5.41, 5.74) is 1.16. The van der Waals surface area contributed by atoms with Gasteiger partial charge in [0, 0.05) is 18.5 Å². The molecule has 3 heterocycles. The molecule has 1 aromatic heterocycles. The molecule has 0 fully saturated rings. The number of hydrogen-bond acceptors (Lipinski definition) is 3. The fraction of sp³-hybridized carbons (Fsp3) is 0.474. The molecule has 0 unspecified atom stereocenters. The van der Waals surface area contributed by atoms with E-state index in [0.29, 0.717) is 19.1 Å². The molecule has 0 radical (unpaired) electrons. The van der Waals surface area contributed by atoms with Crippen LogP contribution in [0.5, 0.6) is 5.75 Å². The van der Waals surface area contributed by atoms with Gasteiger partial charge < -0.3 is 4.74 Å². The highest BCUT2D eigenvalue weighted by Gasteiger charge is 2.34. The number of amides is 1. The normalized spacial score (nSPS) is 25.6. The van der Waals surface area contributed by atoms with Gasteiger partial charge in [0.1, 0.15) is 11.6 Å². The van der Waals surface area contributed by atoms with Crippen LogP contribution in [-0.4, -0.2) is 28.3 Å². The molecule has 1 amide bonds. The van der Waals surface area contributed by atoms with E-state index < -0.39 is 0 Å². The standard InChI is InChI=1S/C19H23N3O2/c1-13-11-14(2)22-18(7-9-20-22)21(13)19(23)12-15-8-10-24-17-6-4-3-5-16(15)17/h3-7,9,13-15H,8,10-12H2,1-2H3/t13-,14+,15+/m1/s1. The first-order valence-corrected chi connectivity index (χ1v) is 8.72. The predicted octanol–water partition coefficient (Wildman–Crippen LogP) is 3.53. The van der Waals surface area contributed by atoms with Crippen LogP contribution in [0.1, 0.15) is 50.6 Å².